The smallest absolute Gasteiger partial charge is 0.414 e. The third-order valence-electron chi connectivity index (χ3n) is 8.55. The number of carbonyl (C=O) groups excluding carboxylic acids is 4. The first-order chi connectivity index (χ1) is 21.2. The predicted molar refractivity (Wildman–Crippen MR) is 169 cm³/mol. The van der Waals surface area contributed by atoms with Crippen LogP contribution in [0.2, 0.25) is 0 Å². The maximum absolute atomic E-state index is 12.7. The molecular formula is C33H46N2O9S. The van der Waals surface area contributed by atoms with Gasteiger partial charge in [-0.05, 0) is 64.3 Å². The van der Waals surface area contributed by atoms with Crippen LogP contribution in [0, 0.1) is 11.3 Å². The molecule has 2 N–H and O–H groups in total. The molecule has 2 heterocycles. The van der Waals surface area contributed by atoms with Crippen molar-refractivity contribution in [2.24, 2.45) is 11.3 Å². The lowest BCUT2D eigenvalue weighted by atomic mass is 9.68. The molecule has 0 radical (unpaired) electrons. The summed E-state index contributed by atoms with van der Waals surface area (Å²) in [6.45, 7) is 11.8. The number of thioether (sulfide) groups is 1. The van der Waals surface area contributed by atoms with Gasteiger partial charge in [0.15, 0.2) is 5.78 Å². The maximum atomic E-state index is 12.7. The predicted octanol–water partition coefficient (Wildman–Crippen LogP) is 4.68. The summed E-state index contributed by atoms with van der Waals surface area (Å²) in [5.41, 5.74) is 0.465. The molecule has 0 aromatic heterocycles. The van der Waals surface area contributed by atoms with Gasteiger partial charge in [0.2, 0.25) is 11.8 Å². The number of nitrogens with one attached hydrogen (secondary N) is 2. The Hall–Kier alpha value is -2.77. The number of ketones is 1. The molecule has 1 saturated carbocycles. The fourth-order valence-electron chi connectivity index (χ4n) is 5.82. The summed E-state index contributed by atoms with van der Waals surface area (Å²) in [5, 5.41) is 5.03. The normalized spacial score (nSPS) is 28.6. The van der Waals surface area contributed by atoms with Crippen LogP contribution >= 0.6 is 11.8 Å². The molecule has 1 aromatic rings. The summed E-state index contributed by atoms with van der Waals surface area (Å²) in [6, 6.07) is 6.90. The van der Waals surface area contributed by atoms with Crippen molar-refractivity contribution in [2.45, 2.75) is 95.2 Å². The Balaban J connectivity index is 1.21. The van der Waals surface area contributed by atoms with Crippen LogP contribution < -0.4 is 10.6 Å². The Morgan fingerprint density at radius 1 is 1.09 bits per heavy atom. The molecule has 2 saturated heterocycles. The topological polar surface area (TPSA) is 145 Å². The maximum Gasteiger partial charge on any atom is 0.414 e. The number of rotatable bonds is 13. The first-order valence-electron chi connectivity index (χ1n) is 15.3. The van der Waals surface area contributed by atoms with E-state index < -0.39 is 35.2 Å². The zero-order valence-electron chi connectivity index (χ0n) is 27.2. The lowest BCUT2D eigenvalue weighted by Crippen LogP contribution is -2.56. The second-order valence-corrected chi connectivity index (χ2v) is 14.4. The van der Waals surface area contributed by atoms with Crippen molar-refractivity contribution in [1.82, 2.24) is 5.32 Å². The molecule has 12 heteroatoms. The van der Waals surface area contributed by atoms with Gasteiger partial charge in [0.05, 0.1) is 24.4 Å². The number of Topliss-reactive ketones (excluding diaryl/α,β-unsaturated/α-hetero) is 1. The molecule has 1 aromatic carbocycles. The van der Waals surface area contributed by atoms with Gasteiger partial charge in [-0.25, -0.2) is 4.79 Å². The van der Waals surface area contributed by atoms with Crippen LogP contribution in [0.1, 0.15) is 60.8 Å². The van der Waals surface area contributed by atoms with Crippen molar-refractivity contribution in [3.63, 3.8) is 0 Å². The highest BCUT2D eigenvalue weighted by Crippen LogP contribution is 2.59. The standard InChI is InChI=1S/C33H46N2O9S/c1-20(2)8-13-25-32(6,44-25)29-28(40-7)23(14-15-33(29)19-42-33)43-30(39)35-27(38)18-45-22-11-9-21(10-12-22)34-26(37)17-41-16-24(36)31(3,4)5/h8-12,23,25,28-29H,13-19H2,1-7H3,(H,34,37)(H,35,38,39)/t23-,25-,28-,29-,32?,33+/m1/s1. The first-order valence-corrected chi connectivity index (χ1v) is 16.3. The van der Waals surface area contributed by atoms with Crippen LogP contribution in [-0.4, -0.2) is 85.9 Å². The molecule has 11 nitrogen and oxygen atoms in total. The molecular weight excluding hydrogens is 600 g/mol. The summed E-state index contributed by atoms with van der Waals surface area (Å²) in [7, 11) is 1.60. The highest BCUT2D eigenvalue weighted by molar-refractivity contribution is 8.00. The minimum Gasteiger partial charge on any atom is -0.443 e. The van der Waals surface area contributed by atoms with Crippen LogP contribution in [0.3, 0.4) is 0 Å². The molecule has 2 aliphatic heterocycles. The van der Waals surface area contributed by atoms with Crippen molar-refractivity contribution >= 4 is 41.1 Å². The van der Waals surface area contributed by atoms with Crippen molar-refractivity contribution in [2.75, 3.05) is 38.0 Å². The molecule has 6 atom stereocenters. The van der Waals surface area contributed by atoms with Crippen LogP contribution in [0.25, 0.3) is 0 Å². The lowest BCUT2D eigenvalue weighted by Gasteiger charge is -2.42. The van der Waals surface area contributed by atoms with E-state index in [-0.39, 0.29) is 48.3 Å². The number of epoxide rings is 2. The van der Waals surface area contributed by atoms with Crippen molar-refractivity contribution < 1.29 is 42.9 Å². The van der Waals surface area contributed by atoms with Gasteiger partial charge >= 0.3 is 6.09 Å². The fraction of sp³-hybridized carbons (Fsp3) is 0.636. The Labute approximate surface area is 269 Å². The fourth-order valence-corrected chi connectivity index (χ4v) is 6.52. The average molecular weight is 647 g/mol. The number of alkyl carbamates (subject to hydrolysis) is 1. The molecule has 3 amide bonds. The first kappa shape index (κ1) is 35.1. The number of anilines is 1. The Bertz CT molecular complexity index is 1280. The molecule has 1 spiro atoms. The third-order valence-corrected chi connectivity index (χ3v) is 9.56. The summed E-state index contributed by atoms with van der Waals surface area (Å²) in [4.78, 5) is 50.1. The molecule has 4 rings (SSSR count). The monoisotopic (exact) mass is 646 g/mol. The van der Waals surface area contributed by atoms with Gasteiger partial charge < -0.3 is 29.0 Å². The van der Waals surface area contributed by atoms with Gasteiger partial charge in [-0.15, -0.1) is 11.8 Å². The van der Waals surface area contributed by atoms with Crippen molar-refractivity contribution in [3.8, 4) is 0 Å². The molecule has 1 unspecified atom stereocenters. The van der Waals surface area contributed by atoms with Gasteiger partial charge in [0.25, 0.3) is 0 Å². The van der Waals surface area contributed by atoms with Crippen LogP contribution in [-0.2, 0) is 38.1 Å². The number of imide groups is 1. The highest BCUT2D eigenvalue weighted by Gasteiger charge is 2.72. The largest absolute Gasteiger partial charge is 0.443 e. The van der Waals surface area contributed by atoms with Crippen LogP contribution in [0.4, 0.5) is 10.5 Å². The van der Waals surface area contributed by atoms with E-state index in [1.165, 1.54) is 17.3 Å². The number of methoxy groups -OCH3 is 1. The number of benzene rings is 1. The van der Waals surface area contributed by atoms with Crippen molar-refractivity contribution in [1.29, 1.82) is 0 Å². The Kier molecular flexibility index (Phi) is 11.2. The van der Waals surface area contributed by atoms with E-state index in [9.17, 15) is 19.2 Å². The zero-order valence-corrected chi connectivity index (χ0v) is 28.0. The summed E-state index contributed by atoms with van der Waals surface area (Å²) < 4.78 is 29.0. The van der Waals surface area contributed by atoms with Gasteiger partial charge in [-0.2, -0.15) is 0 Å². The quantitative estimate of drug-likeness (QED) is 0.176. The zero-order chi connectivity index (χ0) is 33.0. The van der Waals surface area contributed by atoms with E-state index >= 15 is 0 Å². The van der Waals surface area contributed by atoms with Gasteiger partial charge in [-0.1, -0.05) is 32.4 Å². The minimum atomic E-state index is -0.813. The van der Waals surface area contributed by atoms with E-state index in [1.807, 2.05) is 0 Å². The van der Waals surface area contributed by atoms with E-state index in [1.54, 1.807) is 52.1 Å². The van der Waals surface area contributed by atoms with Gasteiger partial charge in [-0.3, -0.25) is 19.7 Å². The number of hydrogen-bond acceptors (Lipinski definition) is 10. The van der Waals surface area contributed by atoms with Crippen LogP contribution in [0.15, 0.2) is 40.8 Å². The summed E-state index contributed by atoms with van der Waals surface area (Å²) in [5.74, 6) is -1.07. The SMILES string of the molecule is CO[C@H]1[C@H](C2(C)O[C@@H]2CC=C(C)C)[C@]2(CC[C@H]1OC(=O)NC(=O)CSc1ccc(NC(=O)COCC(=O)C(C)(C)C)cc1)CO2. The number of hydrogen-bond donors (Lipinski definition) is 2. The molecule has 0 bridgehead atoms. The Morgan fingerprint density at radius 3 is 2.38 bits per heavy atom. The Morgan fingerprint density at radius 2 is 1.78 bits per heavy atom. The lowest BCUT2D eigenvalue weighted by molar-refractivity contribution is -0.133. The molecule has 3 fully saturated rings. The molecule has 248 valence electrons. The number of ether oxygens (including phenoxy) is 5. The number of allylic oxidation sites excluding steroid dienone is 1. The summed E-state index contributed by atoms with van der Waals surface area (Å²) >= 11 is 1.24. The van der Waals surface area contributed by atoms with E-state index in [0.717, 1.165) is 11.3 Å². The highest BCUT2D eigenvalue weighted by atomic mass is 32.2. The molecule has 1 aliphatic carbocycles. The third kappa shape index (κ3) is 9.16. The minimum absolute atomic E-state index is 0.00758. The number of amides is 3. The van der Waals surface area contributed by atoms with E-state index in [4.69, 9.17) is 23.7 Å². The van der Waals surface area contributed by atoms with E-state index in [0.29, 0.717) is 25.1 Å². The second kappa shape index (κ2) is 14.3. The van der Waals surface area contributed by atoms with E-state index in [2.05, 4.69) is 37.5 Å². The average Bonchev–Trinajstić information content (AvgIpc) is 3.88. The summed E-state index contributed by atoms with van der Waals surface area (Å²) in [6.07, 6.45) is 2.48. The molecule has 45 heavy (non-hydrogen) atoms. The van der Waals surface area contributed by atoms with Crippen molar-refractivity contribution in [3.05, 3.63) is 35.9 Å². The second-order valence-electron chi connectivity index (χ2n) is 13.4. The number of carbonyl (C=O) groups is 4. The van der Waals surface area contributed by atoms with Crippen LogP contribution in [0.5, 0.6) is 0 Å². The molecule has 3 aliphatic rings. The van der Waals surface area contributed by atoms with Gasteiger partial charge in [0.1, 0.15) is 36.6 Å². The van der Waals surface area contributed by atoms with Gasteiger partial charge in [0, 0.05) is 23.1 Å².